The van der Waals surface area contributed by atoms with Crippen molar-refractivity contribution in [2.45, 2.75) is 59.2 Å². The number of nitrogens with one attached hydrogen (secondary N) is 1. The second-order valence-corrected chi connectivity index (χ2v) is 10.9. The molecule has 35 heavy (non-hydrogen) atoms. The minimum absolute atomic E-state index is 0.0166. The van der Waals surface area contributed by atoms with Gasteiger partial charge in [0, 0.05) is 17.6 Å². The third kappa shape index (κ3) is 7.93. The molecule has 0 aliphatic rings. The summed E-state index contributed by atoms with van der Waals surface area (Å²) >= 11 is 6.03. The van der Waals surface area contributed by atoms with Gasteiger partial charge in [-0.2, -0.15) is 0 Å². The van der Waals surface area contributed by atoms with Crippen LogP contribution in [0.1, 0.15) is 44.7 Å². The Bertz CT molecular complexity index is 1140. The van der Waals surface area contributed by atoms with Gasteiger partial charge in [0.15, 0.2) is 0 Å². The van der Waals surface area contributed by atoms with Gasteiger partial charge < -0.3 is 10.2 Å². The Labute approximate surface area is 212 Å². The molecule has 2 rings (SSSR count). The Balaban J connectivity index is 2.46. The Kier molecular flexibility index (Phi) is 10.1. The van der Waals surface area contributed by atoms with Gasteiger partial charge in [-0.3, -0.25) is 13.9 Å². The van der Waals surface area contributed by atoms with E-state index in [2.05, 4.69) is 5.32 Å². The molecule has 10 heteroatoms. The first-order valence-corrected chi connectivity index (χ1v) is 13.7. The van der Waals surface area contributed by atoms with Crippen molar-refractivity contribution < 1.29 is 22.4 Å². The molecule has 2 unspecified atom stereocenters. The fourth-order valence-electron chi connectivity index (χ4n) is 3.64. The number of halogens is 2. The van der Waals surface area contributed by atoms with Gasteiger partial charge >= 0.3 is 0 Å². The summed E-state index contributed by atoms with van der Waals surface area (Å²) in [6.45, 7) is 6.80. The van der Waals surface area contributed by atoms with Crippen LogP contribution in [0, 0.1) is 12.7 Å². The lowest BCUT2D eigenvalue weighted by Gasteiger charge is -2.33. The summed E-state index contributed by atoms with van der Waals surface area (Å²) in [4.78, 5) is 28.0. The highest BCUT2D eigenvalue weighted by atomic mass is 35.5. The number of hydrogen-bond donors (Lipinski definition) is 1. The second-order valence-electron chi connectivity index (χ2n) is 8.59. The van der Waals surface area contributed by atoms with Gasteiger partial charge in [0.05, 0.1) is 11.9 Å². The van der Waals surface area contributed by atoms with Crippen molar-refractivity contribution in [3.8, 4) is 0 Å². The molecule has 2 atom stereocenters. The molecule has 1 N–H and O–H groups in total. The maximum absolute atomic E-state index is 13.6. The molecule has 192 valence electrons. The van der Waals surface area contributed by atoms with Crippen LogP contribution in [0.4, 0.5) is 10.1 Å². The number of aryl methyl sites for hydroxylation is 1. The molecule has 0 bridgehead atoms. The molecule has 0 saturated heterocycles. The highest BCUT2D eigenvalue weighted by Crippen LogP contribution is 2.26. The van der Waals surface area contributed by atoms with E-state index in [0.717, 1.165) is 10.6 Å². The van der Waals surface area contributed by atoms with E-state index in [9.17, 15) is 22.4 Å². The van der Waals surface area contributed by atoms with E-state index in [0.29, 0.717) is 34.7 Å². The summed E-state index contributed by atoms with van der Waals surface area (Å²) in [5.41, 5.74) is 1.52. The number of rotatable bonds is 11. The monoisotopic (exact) mass is 525 g/mol. The predicted octanol–water partition coefficient (Wildman–Crippen LogP) is 4.28. The third-order valence-electron chi connectivity index (χ3n) is 5.76. The van der Waals surface area contributed by atoms with Gasteiger partial charge in [0.1, 0.15) is 18.4 Å². The molecule has 0 spiro atoms. The normalized spacial score (nSPS) is 13.1. The van der Waals surface area contributed by atoms with Gasteiger partial charge in [0.2, 0.25) is 21.8 Å². The van der Waals surface area contributed by atoms with Crippen LogP contribution in [0.5, 0.6) is 0 Å². The summed E-state index contributed by atoms with van der Waals surface area (Å²) in [7, 11) is -3.84. The Hall–Kier alpha value is -2.65. The number of sulfonamides is 1. The van der Waals surface area contributed by atoms with E-state index in [1.165, 1.54) is 29.2 Å². The average Bonchev–Trinajstić information content (AvgIpc) is 2.78. The maximum atomic E-state index is 13.6. The lowest BCUT2D eigenvalue weighted by Crippen LogP contribution is -2.53. The minimum Gasteiger partial charge on any atom is -0.352 e. The van der Waals surface area contributed by atoms with Crippen LogP contribution >= 0.6 is 11.6 Å². The van der Waals surface area contributed by atoms with Crippen LogP contribution < -0.4 is 9.62 Å². The van der Waals surface area contributed by atoms with Crippen molar-refractivity contribution in [1.82, 2.24) is 10.2 Å². The summed E-state index contributed by atoms with van der Waals surface area (Å²) in [6.07, 6.45) is 2.05. The van der Waals surface area contributed by atoms with Crippen molar-refractivity contribution in [2.75, 3.05) is 17.1 Å². The topological polar surface area (TPSA) is 86.8 Å². The number of anilines is 1. The molecule has 2 amide bonds. The summed E-state index contributed by atoms with van der Waals surface area (Å²) in [5, 5.41) is 3.34. The Morgan fingerprint density at radius 2 is 1.71 bits per heavy atom. The zero-order chi connectivity index (χ0) is 26.3. The van der Waals surface area contributed by atoms with Crippen LogP contribution in [-0.4, -0.2) is 50.0 Å². The standard InChI is InChI=1S/C25H33ClFN3O4S/c1-6-18(4)28-25(32)22(7-2)29(15-19-8-11-21(27)12-9-19)24(31)16-30(35(5,33)34)23-13-10-20(26)14-17(23)3/h8-14,18,22H,6-7,15-16H2,1-5H3,(H,28,32). The number of nitrogens with zero attached hydrogens (tertiary/aromatic N) is 2. The zero-order valence-electron chi connectivity index (χ0n) is 20.7. The van der Waals surface area contributed by atoms with Crippen molar-refractivity contribution >= 4 is 39.1 Å². The van der Waals surface area contributed by atoms with Crippen molar-refractivity contribution in [3.63, 3.8) is 0 Å². The third-order valence-corrected chi connectivity index (χ3v) is 7.12. The van der Waals surface area contributed by atoms with Crippen LogP contribution in [0.15, 0.2) is 42.5 Å². The SMILES string of the molecule is CCC(C)NC(=O)C(CC)N(Cc1ccc(F)cc1)C(=O)CN(c1ccc(Cl)cc1C)S(C)(=O)=O. The molecule has 7 nitrogen and oxygen atoms in total. The van der Waals surface area contributed by atoms with E-state index in [-0.39, 0.29) is 18.5 Å². The van der Waals surface area contributed by atoms with Gasteiger partial charge in [-0.05, 0) is 68.1 Å². The summed E-state index contributed by atoms with van der Waals surface area (Å²) in [6, 6.07) is 9.40. The summed E-state index contributed by atoms with van der Waals surface area (Å²) < 4.78 is 39.8. The molecule has 0 heterocycles. The molecule has 0 aliphatic carbocycles. The molecule has 0 saturated carbocycles. The molecule has 0 aromatic heterocycles. The smallest absolute Gasteiger partial charge is 0.244 e. The first kappa shape index (κ1) is 28.6. The van der Waals surface area contributed by atoms with Gasteiger partial charge in [-0.15, -0.1) is 0 Å². The maximum Gasteiger partial charge on any atom is 0.244 e. The first-order chi connectivity index (χ1) is 16.4. The fourth-order valence-corrected chi connectivity index (χ4v) is 4.77. The number of amides is 2. The quantitative estimate of drug-likeness (QED) is 0.474. The number of carbonyl (C=O) groups is 2. The van der Waals surface area contributed by atoms with Crippen molar-refractivity contribution in [1.29, 1.82) is 0 Å². The molecule has 0 radical (unpaired) electrons. The Morgan fingerprint density at radius 1 is 1.09 bits per heavy atom. The highest BCUT2D eigenvalue weighted by Gasteiger charge is 2.32. The van der Waals surface area contributed by atoms with Gasteiger partial charge in [-0.25, -0.2) is 12.8 Å². The van der Waals surface area contributed by atoms with E-state index in [1.807, 2.05) is 13.8 Å². The average molecular weight is 526 g/mol. The van der Waals surface area contributed by atoms with Gasteiger partial charge in [-0.1, -0.05) is 37.6 Å². The van der Waals surface area contributed by atoms with Gasteiger partial charge in [0.25, 0.3) is 0 Å². The molecule has 2 aromatic rings. The lowest BCUT2D eigenvalue weighted by atomic mass is 10.1. The van der Waals surface area contributed by atoms with Crippen LogP contribution in [0.3, 0.4) is 0 Å². The molecule has 0 aliphatic heterocycles. The minimum atomic E-state index is -3.84. The molecule has 2 aromatic carbocycles. The van der Waals surface area contributed by atoms with E-state index in [4.69, 9.17) is 11.6 Å². The van der Waals surface area contributed by atoms with Crippen molar-refractivity contribution in [2.24, 2.45) is 0 Å². The van der Waals surface area contributed by atoms with Crippen LogP contribution in [0.25, 0.3) is 0 Å². The largest absolute Gasteiger partial charge is 0.352 e. The highest BCUT2D eigenvalue weighted by molar-refractivity contribution is 7.92. The first-order valence-electron chi connectivity index (χ1n) is 11.5. The summed E-state index contributed by atoms with van der Waals surface area (Å²) in [5.74, 6) is -1.30. The van der Waals surface area contributed by atoms with Crippen LogP contribution in [0.2, 0.25) is 5.02 Å². The molecular weight excluding hydrogens is 493 g/mol. The number of benzene rings is 2. The lowest BCUT2D eigenvalue weighted by molar-refractivity contribution is -0.140. The van der Waals surface area contributed by atoms with E-state index >= 15 is 0 Å². The van der Waals surface area contributed by atoms with Crippen LogP contribution in [-0.2, 0) is 26.2 Å². The van der Waals surface area contributed by atoms with E-state index in [1.54, 1.807) is 32.0 Å². The Morgan fingerprint density at radius 3 is 2.23 bits per heavy atom. The molecular formula is C25H33ClFN3O4S. The van der Waals surface area contributed by atoms with E-state index < -0.39 is 34.3 Å². The number of carbonyl (C=O) groups excluding carboxylic acids is 2. The number of hydrogen-bond acceptors (Lipinski definition) is 4. The molecule has 0 fully saturated rings. The predicted molar refractivity (Wildman–Crippen MR) is 137 cm³/mol. The van der Waals surface area contributed by atoms with Crippen molar-refractivity contribution in [3.05, 3.63) is 64.4 Å². The zero-order valence-corrected chi connectivity index (χ0v) is 22.3. The fraction of sp³-hybridized carbons (Fsp3) is 0.440. The second kappa shape index (κ2) is 12.4.